The fourth-order valence-corrected chi connectivity index (χ4v) is 2.81. The first-order valence-corrected chi connectivity index (χ1v) is 7.30. The zero-order chi connectivity index (χ0) is 14.7. The van der Waals surface area contributed by atoms with E-state index in [4.69, 9.17) is 22.1 Å². The second-order valence-electron chi connectivity index (χ2n) is 5.07. The molecule has 1 aromatic carbocycles. The smallest absolute Gasteiger partial charge is 0.223 e. The highest BCUT2D eigenvalue weighted by Crippen LogP contribution is 2.34. The fourth-order valence-electron chi connectivity index (χ4n) is 2.62. The summed E-state index contributed by atoms with van der Waals surface area (Å²) >= 11 is 5.87. The summed E-state index contributed by atoms with van der Waals surface area (Å²) in [6, 6.07) is 12.0. The van der Waals surface area contributed by atoms with Crippen LogP contribution in [0.4, 0.5) is 11.8 Å². The van der Waals surface area contributed by atoms with Crippen LogP contribution in [0.2, 0.25) is 5.15 Å². The van der Waals surface area contributed by atoms with Gasteiger partial charge in [0.2, 0.25) is 5.95 Å². The molecule has 1 aromatic heterocycles. The molecule has 2 unspecified atom stereocenters. The molecule has 21 heavy (non-hydrogen) atoms. The molecule has 0 saturated carbocycles. The Morgan fingerprint density at radius 3 is 2.86 bits per heavy atom. The number of anilines is 2. The first kappa shape index (κ1) is 14.1. The molecule has 3 rings (SSSR count). The number of hydrogen-bond donors (Lipinski definition) is 2. The van der Waals surface area contributed by atoms with E-state index in [2.05, 4.69) is 27.4 Å². The van der Waals surface area contributed by atoms with E-state index in [-0.39, 0.29) is 12.1 Å². The van der Waals surface area contributed by atoms with Crippen LogP contribution in [-0.2, 0) is 4.74 Å². The number of nitrogens with one attached hydrogen (secondary N) is 1. The standard InChI is InChI=1S/C15H17ClN4O/c16-12-8-13(20-15(17)19-12)18-9-11-6-7-21-14(11)10-4-2-1-3-5-10/h1-5,8,11,14H,6-7,9H2,(H3,17,18,19,20). The van der Waals surface area contributed by atoms with Crippen molar-refractivity contribution >= 4 is 23.4 Å². The Kier molecular flexibility index (Phi) is 4.22. The maximum absolute atomic E-state index is 5.87. The molecular formula is C15H17ClN4O. The highest BCUT2D eigenvalue weighted by Gasteiger charge is 2.29. The molecule has 0 aliphatic carbocycles. The highest BCUT2D eigenvalue weighted by molar-refractivity contribution is 6.29. The molecular weight excluding hydrogens is 288 g/mol. The van der Waals surface area contributed by atoms with E-state index in [1.54, 1.807) is 6.07 Å². The number of nitrogen functional groups attached to an aromatic ring is 1. The quantitative estimate of drug-likeness (QED) is 0.850. The Morgan fingerprint density at radius 2 is 2.10 bits per heavy atom. The second kappa shape index (κ2) is 6.28. The molecule has 0 radical (unpaired) electrons. The van der Waals surface area contributed by atoms with Crippen molar-refractivity contribution in [3.8, 4) is 0 Å². The van der Waals surface area contributed by atoms with Crippen LogP contribution in [0.3, 0.4) is 0 Å². The van der Waals surface area contributed by atoms with Crippen LogP contribution in [0.1, 0.15) is 18.1 Å². The normalized spacial score (nSPS) is 21.4. The van der Waals surface area contributed by atoms with Gasteiger partial charge in [-0.1, -0.05) is 41.9 Å². The summed E-state index contributed by atoms with van der Waals surface area (Å²) in [6.07, 6.45) is 1.13. The average molecular weight is 305 g/mol. The van der Waals surface area contributed by atoms with Gasteiger partial charge in [0.15, 0.2) is 0 Å². The third-order valence-corrected chi connectivity index (χ3v) is 3.79. The number of nitrogens with two attached hydrogens (primary N) is 1. The van der Waals surface area contributed by atoms with E-state index in [9.17, 15) is 0 Å². The molecule has 6 heteroatoms. The summed E-state index contributed by atoms with van der Waals surface area (Å²) in [5, 5.41) is 3.61. The van der Waals surface area contributed by atoms with Crippen molar-refractivity contribution in [3.05, 3.63) is 47.1 Å². The molecule has 0 spiro atoms. The van der Waals surface area contributed by atoms with Gasteiger partial charge < -0.3 is 15.8 Å². The minimum Gasteiger partial charge on any atom is -0.373 e. The number of ether oxygens (including phenoxy) is 1. The topological polar surface area (TPSA) is 73.1 Å². The molecule has 0 bridgehead atoms. The molecule has 0 amide bonds. The van der Waals surface area contributed by atoms with Gasteiger partial charge in [0.05, 0.1) is 6.10 Å². The van der Waals surface area contributed by atoms with Gasteiger partial charge in [-0.3, -0.25) is 0 Å². The lowest BCUT2D eigenvalue weighted by atomic mass is 9.95. The Bertz CT molecular complexity index is 588. The monoisotopic (exact) mass is 304 g/mol. The van der Waals surface area contributed by atoms with E-state index < -0.39 is 0 Å². The Labute approximate surface area is 128 Å². The zero-order valence-corrected chi connectivity index (χ0v) is 12.3. The van der Waals surface area contributed by atoms with Gasteiger partial charge >= 0.3 is 0 Å². The van der Waals surface area contributed by atoms with Crippen LogP contribution in [0.15, 0.2) is 36.4 Å². The van der Waals surface area contributed by atoms with Gasteiger partial charge in [0.1, 0.15) is 11.0 Å². The number of aromatic nitrogens is 2. The van der Waals surface area contributed by atoms with Crippen LogP contribution in [-0.4, -0.2) is 23.1 Å². The Hall–Kier alpha value is -1.85. The maximum atomic E-state index is 5.87. The first-order chi connectivity index (χ1) is 10.2. The van der Waals surface area contributed by atoms with Crippen LogP contribution >= 0.6 is 11.6 Å². The van der Waals surface area contributed by atoms with Gasteiger partial charge in [-0.2, -0.15) is 4.98 Å². The molecule has 2 atom stereocenters. The largest absolute Gasteiger partial charge is 0.373 e. The number of nitrogens with zero attached hydrogens (tertiary/aromatic N) is 2. The molecule has 1 fully saturated rings. The lowest BCUT2D eigenvalue weighted by Crippen LogP contribution is -2.18. The molecule has 110 valence electrons. The first-order valence-electron chi connectivity index (χ1n) is 6.93. The van der Waals surface area contributed by atoms with Crippen LogP contribution < -0.4 is 11.1 Å². The van der Waals surface area contributed by atoms with E-state index in [1.807, 2.05) is 18.2 Å². The molecule has 1 aliphatic heterocycles. The molecule has 1 saturated heterocycles. The Balaban J connectivity index is 1.67. The summed E-state index contributed by atoms with van der Waals surface area (Å²) < 4.78 is 5.86. The summed E-state index contributed by atoms with van der Waals surface area (Å²) in [5.74, 6) is 1.21. The predicted molar refractivity (Wildman–Crippen MR) is 83.2 cm³/mol. The van der Waals surface area contributed by atoms with Gasteiger partial charge in [0, 0.05) is 25.1 Å². The lowest BCUT2D eigenvalue weighted by molar-refractivity contribution is 0.0933. The van der Waals surface area contributed by atoms with Crippen molar-refractivity contribution in [2.75, 3.05) is 24.2 Å². The third-order valence-electron chi connectivity index (χ3n) is 3.60. The third kappa shape index (κ3) is 3.43. The van der Waals surface area contributed by atoms with E-state index >= 15 is 0 Å². The second-order valence-corrected chi connectivity index (χ2v) is 5.45. The van der Waals surface area contributed by atoms with Gasteiger partial charge in [-0.15, -0.1) is 0 Å². The number of benzene rings is 1. The summed E-state index contributed by atoms with van der Waals surface area (Å²) in [4.78, 5) is 7.97. The van der Waals surface area contributed by atoms with Crippen molar-refractivity contribution in [1.29, 1.82) is 0 Å². The average Bonchev–Trinajstić information content (AvgIpc) is 2.93. The van der Waals surface area contributed by atoms with E-state index in [0.717, 1.165) is 19.6 Å². The van der Waals surface area contributed by atoms with Crippen molar-refractivity contribution in [2.24, 2.45) is 5.92 Å². The minimum absolute atomic E-state index is 0.119. The van der Waals surface area contributed by atoms with E-state index in [1.165, 1.54) is 5.56 Å². The molecule has 2 aromatic rings. The lowest BCUT2D eigenvalue weighted by Gasteiger charge is -2.19. The molecule has 1 aliphatic rings. The molecule has 3 N–H and O–H groups in total. The maximum Gasteiger partial charge on any atom is 0.223 e. The fraction of sp³-hybridized carbons (Fsp3) is 0.333. The Morgan fingerprint density at radius 1 is 1.29 bits per heavy atom. The summed E-state index contributed by atoms with van der Waals surface area (Å²) in [6.45, 7) is 1.53. The number of hydrogen-bond acceptors (Lipinski definition) is 5. The summed E-state index contributed by atoms with van der Waals surface area (Å²) in [5.41, 5.74) is 6.80. The van der Waals surface area contributed by atoms with Gasteiger partial charge in [-0.05, 0) is 12.0 Å². The van der Waals surface area contributed by atoms with Gasteiger partial charge in [-0.25, -0.2) is 4.98 Å². The number of rotatable bonds is 4. The van der Waals surface area contributed by atoms with Crippen LogP contribution in [0.5, 0.6) is 0 Å². The van der Waals surface area contributed by atoms with Crippen molar-refractivity contribution < 1.29 is 4.74 Å². The molecule has 2 heterocycles. The van der Waals surface area contributed by atoms with Crippen molar-refractivity contribution in [3.63, 3.8) is 0 Å². The summed E-state index contributed by atoms with van der Waals surface area (Å²) in [7, 11) is 0. The van der Waals surface area contributed by atoms with Crippen LogP contribution in [0.25, 0.3) is 0 Å². The van der Waals surface area contributed by atoms with Gasteiger partial charge in [0.25, 0.3) is 0 Å². The van der Waals surface area contributed by atoms with Crippen molar-refractivity contribution in [1.82, 2.24) is 9.97 Å². The van der Waals surface area contributed by atoms with Crippen molar-refractivity contribution in [2.45, 2.75) is 12.5 Å². The zero-order valence-electron chi connectivity index (χ0n) is 11.5. The van der Waals surface area contributed by atoms with E-state index in [0.29, 0.717) is 16.9 Å². The van der Waals surface area contributed by atoms with Crippen LogP contribution in [0, 0.1) is 5.92 Å². The SMILES string of the molecule is Nc1nc(Cl)cc(NCC2CCOC2c2ccccc2)n1. The minimum atomic E-state index is 0.119. The predicted octanol–water partition coefficient (Wildman–Crippen LogP) is 2.90. The highest BCUT2D eigenvalue weighted by atomic mass is 35.5. The molecule has 5 nitrogen and oxygen atoms in total. The number of halogens is 1.